The molecule has 2 aliphatic rings. The van der Waals surface area contributed by atoms with Gasteiger partial charge in [-0.1, -0.05) is 37.9 Å². The number of carbonyl (C=O) groups is 1. The normalized spacial score (nSPS) is 30.6. The molecule has 2 unspecified atom stereocenters. The van der Waals surface area contributed by atoms with Crippen LogP contribution in [0.1, 0.15) is 52.4 Å². The highest BCUT2D eigenvalue weighted by Gasteiger charge is 2.45. The first-order valence-electron chi connectivity index (χ1n) is 7.70. The Bertz CT molecular complexity index is 378. The van der Waals surface area contributed by atoms with Gasteiger partial charge in [0.1, 0.15) is 0 Å². The lowest BCUT2D eigenvalue weighted by Crippen LogP contribution is -2.58. The van der Waals surface area contributed by atoms with E-state index in [2.05, 4.69) is 0 Å². The molecule has 20 heavy (non-hydrogen) atoms. The number of amides is 1. The molecule has 0 spiro atoms. The summed E-state index contributed by atoms with van der Waals surface area (Å²) < 4.78 is 5.62. The molecule has 2 fully saturated rings. The van der Waals surface area contributed by atoms with Gasteiger partial charge in [-0.2, -0.15) is 0 Å². The molecule has 0 aromatic heterocycles. The molecule has 0 aromatic carbocycles. The number of morpholine rings is 1. The van der Waals surface area contributed by atoms with Crippen LogP contribution in [0.3, 0.4) is 0 Å². The molecular formula is C15H26N2O2S. The third-order valence-corrected chi connectivity index (χ3v) is 5.10. The van der Waals surface area contributed by atoms with E-state index < -0.39 is 5.41 Å². The Hall–Kier alpha value is -0.680. The molecule has 1 aliphatic heterocycles. The first kappa shape index (κ1) is 15.7. The van der Waals surface area contributed by atoms with Crippen LogP contribution in [0.5, 0.6) is 0 Å². The van der Waals surface area contributed by atoms with Crippen molar-refractivity contribution in [3.8, 4) is 0 Å². The van der Waals surface area contributed by atoms with E-state index in [4.69, 9.17) is 22.7 Å². The molecule has 1 saturated heterocycles. The second-order valence-corrected chi connectivity index (χ2v) is 6.75. The lowest BCUT2D eigenvalue weighted by atomic mass is 9.78. The number of nitrogens with zero attached hydrogens (tertiary/aromatic N) is 1. The molecule has 2 N–H and O–H groups in total. The lowest BCUT2D eigenvalue weighted by molar-refractivity contribution is -0.151. The predicted octanol–water partition coefficient (Wildman–Crippen LogP) is 2.25. The van der Waals surface area contributed by atoms with Gasteiger partial charge in [0, 0.05) is 6.54 Å². The molecule has 5 heteroatoms. The van der Waals surface area contributed by atoms with Crippen molar-refractivity contribution < 1.29 is 9.53 Å². The van der Waals surface area contributed by atoms with E-state index in [0.29, 0.717) is 18.1 Å². The zero-order chi connectivity index (χ0) is 14.8. The molecule has 0 aromatic rings. The molecular weight excluding hydrogens is 272 g/mol. The van der Waals surface area contributed by atoms with Crippen LogP contribution >= 0.6 is 12.2 Å². The van der Waals surface area contributed by atoms with Gasteiger partial charge in [-0.3, -0.25) is 4.79 Å². The van der Waals surface area contributed by atoms with Gasteiger partial charge in [0.05, 0.1) is 29.2 Å². The fourth-order valence-corrected chi connectivity index (χ4v) is 3.65. The van der Waals surface area contributed by atoms with Gasteiger partial charge in [0.2, 0.25) is 5.91 Å². The van der Waals surface area contributed by atoms with E-state index in [0.717, 1.165) is 25.7 Å². The third kappa shape index (κ3) is 2.98. The van der Waals surface area contributed by atoms with Crippen molar-refractivity contribution in [1.29, 1.82) is 0 Å². The minimum Gasteiger partial charge on any atom is -0.392 e. The van der Waals surface area contributed by atoms with Crippen molar-refractivity contribution >= 4 is 23.1 Å². The highest BCUT2D eigenvalue weighted by Crippen LogP contribution is 2.38. The molecule has 0 bridgehead atoms. The van der Waals surface area contributed by atoms with Crippen molar-refractivity contribution in [1.82, 2.24) is 4.90 Å². The van der Waals surface area contributed by atoms with Gasteiger partial charge in [-0.05, 0) is 26.7 Å². The molecule has 0 radical (unpaired) electrons. The van der Waals surface area contributed by atoms with E-state index in [9.17, 15) is 4.79 Å². The smallest absolute Gasteiger partial charge is 0.236 e. The lowest BCUT2D eigenvalue weighted by Gasteiger charge is -2.42. The maximum atomic E-state index is 13.1. The summed E-state index contributed by atoms with van der Waals surface area (Å²) in [7, 11) is 0. The predicted molar refractivity (Wildman–Crippen MR) is 83.5 cm³/mol. The molecule has 2 atom stereocenters. The van der Waals surface area contributed by atoms with Crippen molar-refractivity contribution in [2.24, 2.45) is 11.1 Å². The van der Waals surface area contributed by atoms with Gasteiger partial charge in [-0.25, -0.2) is 0 Å². The third-order valence-electron chi connectivity index (χ3n) is 4.71. The summed E-state index contributed by atoms with van der Waals surface area (Å²) in [4.78, 5) is 15.5. The van der Waals surface area contributed by atoms with E-state index >= 15 is 0 Å². The van der Waals surface area contributed by atoms with Crippen molar-refractivity contribution in [2.75, 3.05) is 13.2 Å². The Morgan fingerprint density at radius 3 is 2.40 bits per heavy atom. The van der Waals surface area contributed by atoms with Crippen molar-refractivity contribution in [2.45, 2.75) is 64.5 Å². The first-order valence-corrected chi connectivity index (χ1v) is 8.11. The minimum absolute atomic E-state index is 0.0873. The van der Waals surface area contributed by atoms with Crippen LogP contribution in [0, 0.1) is 5.41 Å². The SMILES string of the molecule is CC1CN(C(=O)C2(C(N)=S)CCCCCC2)C(C)CO1. The van der Waals surface area contributed by atoms with Crippen LogP contribution in [0.2, 0.25) is 0 Å². The van der Waals surface area contributed by atoms with Gasteiger partial charge in [-0.15, -0.1) is 0 Å². The quantitative estimate of drug-likeness (QED) is 0.627. The number of rotatable bonds is 2. The van der Waals surface area contributed by atoms with Crippen molar-refractivity contribution in [3.63, 3.8) is 0 Å². The molecule has 1 amide bonds. The highest BCUT2D eigenvalue weighted by molar-refractivity contribution is 7.80. The van der Waals surface area contributed by atoms with Crippen LogP contribution in [-0.4, -0.2) is 41.1 Å². The molecule has 1 heterocycles. The summed E-state index contributed by atoms with van der Waals surface area (Å²) >= 11 is 5.30. The summed E-state index contributed by atoms with van der Waals surface area (Å²) in [5.74, 6) is 0.134. The number of thiocarbonyl (C=S) groups is 1. The molecule has 1 aliphatic carbocycles. The van der Waals surface area contributed by atoms with Crippen LogP contribution < -0.4 is 5.73 Å². The Labute approximate surface area is 127 Å². The molecule has 4 nitrogen and oxygen atoms in total. The zero-order valence-corrected chi connectivity index (χ0v) is 13.4. The summed E-state index contributed by atoms with van der Waals surface area (Å²) in [6.07, 6.45) is 6.12. The van der Waals surface area contributed by atoms with Gasteiger partial charge >= 0.3 is 0 Å². The zero-order valence-electron chi connectivity index (χ0n) is 12.6. The van der Waals surface area contributed by atoms with Gasteiger partial charge in [0.25, 0.3) is 0 Å². The van der Waals surface area contributed by atoms with Gasteiger partial charge in [0.15, 0.2) is 0 Å². The monoisotopic (exact) mass is 298 g/mol. The first-order chi connectivity index (χ1) is 9.47. The van der Waals surface area contributed by atoms with E-state index in [-0.39, 0.29) is 18.1 Å². The number of hydrogen-bond donors (Lipinski definition) is 1. The minimum atomic E-state index is -0.614. The fourth-order valence-electron chi connectivity index (χ4n) is 3.36. The van der Waals surface area contributed by atoms with Crippen LogP contribution in [0.25, 0.3) is 0 Å². The largest absolute Gasteiger partial charge is 0.392 e. The Kier molecular flexibility index (Phi) is 5.02. The van der Waals surface area contributed by atoms with Gasteiger partial charge < -0.3 is 15.4 Å². The Morgan fingerprint density at radius 2 is 1.85 bits per heavy atom. The Morgan fingerprint density at radius 1 is 1.25 bits per heavy atom. The molecule has 1 saturated carbocycles. The van der Waals surface area contributed by atoms with Crippen LogP contribution in [0.15, 0.2) is 0 Å². The Balaban J connectivity index is 2.23. The number of ether oxygens (including phenoxy) is 1. The summed E-state index contributed by atoms with van der Waals surface area (Å²) in [6.45, 7) is 5.28. The topological polar surface area (TPSA) is 55.6 Å². The number of nitrogens with two attached hydrogens (primary N) is 1. The van der Waals surface area contributed by atoms with Crippen LogP contribution in [-0.2, 0) is 9.53 Å². The highest BCUT2D eigenvalue weighted by atomic mass is 32.1. The second kappa shape index (κ2) is 6.39. The summed E-state index contributed by atoms with van der Waals surface area (Å²) in [5.41, 5.74) is 5.40. The number of hydrogen-bond acceptors (Lipinski definition) is 3. The van der Waals surface area contributed by atoms with Crippen LogP contribution in [0.4, 0.5) is 0 Å². The molecule has 2 rings (SSSR count). The van der Waals surface area contributed by atoms with E-state index in [1.54, 1.807) is 0 Å². The summed E-state index contributed by atoms with van der Waals surface area (Å²) in [5, 5.41) is 0. The standard InChI is InChI=1S/C15H26N2O2S/c1-11-10-19-12(2)9-17(11)14(18)15(13(16)20)7-5-3-4-6-8-15/h11-12H,3-10H2,1-2H3,(H2,16,20). The average molecular weight is 298 g/mol. The van der Waals surface area contributed by atoms with E-state index in [1.165, 1.54) is 12.8 Å². The summed E-state index contributed by atoms with van der Waals surface area (Å²) in [6, 6.07) is 0.105. The second-order valence-electron chi connectivity index (χ2n) is 6.31. The fraction of sp³-hybridized carbons (Fsp3) is 0.867. The average Bonchev–Trinajstić information content (AvgIpc) is 2.67. The maximum absolute atomic E-state index is 13.1. The number of carbonyl (C=O) groups excluding carboxylic acids is 1. The molecule has 114 valence electrons. The van der Waals surface area contributed by atoms with Crippen molar-refractivity contribution in [3.05, 3.63) is 0 Å². The van der Waals surface area contributed by atoms with E-state index in [1.807, 2.05) is 18.7 Å². The maximum Gasteiger partial charge on any atom is 0.236 e.